The molecular formula is C21H38OSi. The summed E-state index contributed by atoms with van der Waals surface area (Å²) in [7, 11) is -1.63. The smallest absolute Gasteiger partial charge is 0.251 e. The number of hydrogen-bond donors (Lipinski definition) is 0. The van der Waals surface area contributed by atoms with E-state index >= 15 is 0 Å². The highest BCUT2D eigenvalue weighted by molar-refractivity contribution is 6.74. The molecule has 1 nitrogen and oxygen atoms in total. The lowest BCUT2D eigenvalue weighted by Gasteiger charge is -2.31. The van der Waals surface area contributed by atoms with Crippen LogP contribution in [-0.4, -0.2) is 8.32 Å². The highest BCUT2D eigenvalue weighted by atomic mass is 28.4. The van der Waals surface area contributed by atoms with Crippen LogP contribution < -0.4 is 4.43 Å². The molecule has 0 aliphatic carbocycles. The number of rotatable bonds is 13. The third kappa shape index (κ3) is 8.05. The van der Waals surface area contributed by atoms with Crippen molar-refractivity contribution in [1.29, 1.82) is 0 Å². The van der Waals surface area contributed by atoms with Gasteiger partial charge in [-0.25, -0.2) is 0 Å². The Morgan fingerprint density at radius 3 is 1.70 bits per heavy atom. The quantitative estimate of drug-likeness (QED) is 0.268. The van der Waals surface area contributed by atoms with E-state index in [0.29, 0.717) is 0 Å². The third-order valence-corrected chi connectivity index (χ3v) is 9.46. The molecule has 0 atom stereocenters. The van der Waals surface area contributed by atoms with E-state index in [4.69, 9.17) is 4.43 Å². The Morgan fingerprint density at radius 2 is 1.26 bits per heavy atom. The van der Waals surface area contributed by atoms with Gasteiger partial charge in [-0.2, -0.15) is 0 Å². The first-order valence-corrected chi connectivity index (χ1v) is 12.4. The first kappa shape index (κ1) is 20.3. The van der Waals surface area contributed by atoms with Crippen molar-refractivity contribution < 1.29 is 4.43 Å². The molecule has 1 rings (SSSR count). The van der Waals surface area contributed by atoms with E-state index in [1.807, 2.05) is 0 Å². The Hall–Kier alpha value is -0.763. The van der Waals surface area contributed by atoms with Crippen LogP contribution in [0.25, 0.3) is 0 Å². The summed E-state index contributed by atoms with van der Waals surface area (Å²) in [6.45, 7) is 9.08. The van der Waals surface area contributed by atoms with Crippen molar-refractivity contribution in [2.75, 3.05) is 0 Å². The second-order valence-electron chi connectivity index (χ2n) is 7.07. The van der Waals surface area contributed by atoms with Crippen LogP contribution in [0.3, 0.4) is 0 Å². The largest absolute Gasteiger partial charge is 0.543 e. The van der Waals surface area contributed by atoms with Crippen molar-refractivity contribution in [2.24, 2.45) is 0 Å². The Morgan fingerprint density at radius 1 is 0.739 bits per heavy atom. The van der Waals surface area contributed by atoms with E-state index in [2.05, 4.69) is 52.0 Å². The minimum absolute atomic E-state index is 1.11. The van der Waals surface area contributed by atoms with E-state index in [0.717, 1.165) is 5.75 Å². The van der Waals surface area contributed by atoms with Crippen LogP contribution in [0.4, 0.5) is 0 Å². The van der Waals surface area contributed by atoms with Crippen molar-refractivity contribution in [3.05, 3.63) is 29.8 Å². The van der Waals surface area contributed by atoms with Gasteiger partial charge in [0, 0.05) is 0 Å². The molecule has 0 radical (unpaired) electrons. The summed E-state index contributed by atoms with van der Waals surface area (Å²) in [4.78, 5) is 0. The lowest BCUT2D eigenvalue weighted by Crippen LogP contribution is -2.40. The van der Waals surface area contributed by atoms with Crippen molar-refractivity contribution >= 4 is 8.32 Å². The Labute approximate surface area is 146 Å². The predicted octanol–water partition coefficient (Wildman–Crippen LogP) is 7.50. The van der Waals surface area contributed by atoms with E-state index < -0.39 is 8.32 Å². The van der Waals surface area contributed by atoms with E-state index in [1.165, 1.54) is 75.1 Å². The Bertz CT molecular complexity index is 387. The second-order valence-corrected chi connectivity index (χ2v) is 11.4. The van der Waals surface area contributed by atoms with Crippen molar-refractivity contribution in [3.8, 4) is 5.75 Å². The van der Waals surface area contributed by atoms with E-state index in [9.17, 15) is 0 Å². The van der Waals surface area contributed by atoms with Crippen LogP contribution in [0.2, 0.25) is 18.1 Å². The zero-order valence-electron chi connectivity index (χ0n) is 16.0. The maximum atomic E-state index is 6.71. The molecule has 0 heterocycles. The van der Waals surface area contributed by atoms with Crippen LogP contribution in [-0.2, 0) is 0 Å². The predicted molar refractivity (Wildman–Crippen MR) is 106 cm³/mol. The highest BCUT2D eigenvalue weighted by Gasteiger charge is 2.33. The molecule has 2 heteroatoms. The number of benzene rings is 1. The summed E-state index contributed by atoms with van der Waals surface area (Å²) in [6.07, 6.45) is 10.8. The van der Waals surface area contributed by atoms with Gasteiger partial charge in [0.2, 0.25) is 0 Å². The molecule has 0 amide bonds. The molecule has 1 aromatic rings. The Balaban J connectivity index is 2.68. The molecule has 23 heavy (non-hydrogen) atoms. The minimum atomic E-state index is -1.63. The fraction of sp³-hybridized carbons (Fsp3) is 0.714. The van der Waals surface area contributed by atoms with Crippen LogP contribution >= 0.6 is 0 Å². The second kappa shape index (κ2) is 11.7. The average Bonchev–Trinajstić information content (AvgIpc) is 2.57. The normalized spacial score (nSPS) is 11.7. The van der Waals surface area contributed by atoms with Gasteiger partial charge < -0.3 is 4.43 Å². The first-order chi connectivity index (χ1) is 11.2. The Kier molecular flexibility index (Phi) is 10.3. The fourth-order valence-corrected chi connectivity index (χ4v) is 6.99. The summed E-state index contributed by atoms with van der Waals surface area (Å²) in [5.41, 5.74) is 1.31. The molecular weight excluding hydrogens is 296 g/mol. The topological polar surface area (TPSA) is 9.23 Å². The maximum Gasteiger partial charge on any atom is 0.251 e. The standard InChI is InChI=1S/C21H38OSi/c1-5-8-10-12-18-23(7-3,19-13-11-9-6-2)22-21-16-14-20(4)15-17-21/h14-17H,5-13,18-19H2,1-4H3. The zero-order valence-corrected chi connectivity index (χ0v) is 17.0. The van der Waals surface area contributed by atoms with Gasteiger partial charge in [0.1, 0.15) is 5.75 Å². The minimum Gasteiger partial charge on any atom is -0.543 e. The molecule has 0 bridgehead atoms. The van der Waals surface area contributed by atoms with Gasteiger partial charge in [0.25, 0.3) is 8.32 Å². The number of hydrogen-bond acceptors (Lipinski definition) is 1. The molecule has 132 valence electrons. The lowest BCUT2D eigenvalue weighted by molar-refractivity contribution is 0.511. The van der Waals surface area contributed by atoms with Crippen LogP contribution in [0.1, 0.15) is 77.7 Å². The van der Waals surface area contributed by atoms with Gasteiger partial charge in [-0.05, 0) is 37.2 Å². The molecule has 0 saturated heterocycles. The summed E-state index contributed by atoms with van der Waals surface area (Å²) in [5, 5.41) is 0. The molecule has 0 saturated carbocycles. The monoisotopic (exact) mass is 334 g/mol. The molecule has 0 aliphatic rings. The van der Waals surface area contributed by atoms with Crippen LogP contribution in [0, 0.1) is 6.92 Å². The summed E-state index contributed by atoms with van der Waals surface area (Å²) in [5.74, 6) is 1.11. The lowest BCUT2D eigenvalue weighted by atomic mass is 10.2. The summed E-state index contributed by atoms with van der Waals surface area (Å²) in [6, 6.07) is 12.6. The molecule has 0 aromatic heterocycles. The van der Waals surface area contributed by atoms with Gasteiger partial charge in [-0.3, -0.25) is 0 Å². The zero-order chi connectivity index (χ0) is 17.0. The third-order valence-electron chi connectivity index (χ3n) is 4.97. The summed E-state index contributed by atoms with van der Waals surface area (Å²) < 4.78 is 6.71. The SMILES string of the molecule is CCCCCC[Si](CC)(CCCCCC)Oc1ccc(C)cc1. The average molecular weight is 335 g/mol. The summed E-state index contributed by atoms with van der Waals surface area (Å²) >= 11 is 0. The van der Waals surface area contributed by atoms with Gasteiger partial charge in [0.05, 0.1) is 0 Å². The number of aryl methyl sites for hydroxylation is 1. The first-order valence-electron chi connectivity index (χ1n) is 9.91. The van der Waals surface area contributed by atoms with Crippen molar-refractivity contribution in [2.45, 2.75) is 97.2 Å². The molecule has 0 N–H and O–H groups in total. The maximum absolute atomic E-state index is 6.71. The van der Waals surface area contributed by atoms with E-state index in [-0.39, 0.29) is 0 Å². The van der Waals surface area contributed by atoms with Crippen molar-refractivity contribution in [1.82, 2.24) is 0 Å². The van der Waals surface area contributed by atoms with Gasteiger partial charge in [-0.15, -0.1) is 0 Å². The fourth-order valence-electron chi connectivity index (χ4n) is 3.26. The molecule has 0 spiro atoms. The van der Waals surface area contributed by atoms with Gasteiger partial charge in [0.15, 0.2) is 0 Å². The van der Waals surface area contributed by atoms with Crippen LogP contribution in [0.15, 0.2) is 24.3 Å². The van der Waals surface area contributed by atoms with Gasteiger partial charge >= 0.3 is 0 Å². The molecule has 1 aromatic carbocycles. The van der Waals surface area contributed by atoms with Gasteiger partial charge in [-0.1, -0.05) is 89.8 Å². The van der Waals surface area contributed by atoms with E-state index in [1.54, 1.807) is 0 Å². The highest BCUT2D eigenvalue weighted by Crippen LogP contribution is 2.30. The number of unbranched alkanes of at least 4 members (excludes halogenated alkanes) is 6. The molecule has 0 aliphatic heterocycles. The van der Waals surface area contributed by atoms with Crippen molar-refractivity contribution in [3.63, 3.8) is 0 Å². The van der Waals surface area contributed by atoms with Crippen LogP contribution in [0.5, 0.6) is 5.75 Å². The molecule has 0 unspecified atom stereocenters. The molecule has 0 fully saturated rings.